The maximum atomic E-state index is 11.8. The van der Waals surface area contributed by atoms with Gasteiger partial charge in [-0.25, -0.2) is 0 Å². The molecule has 0 saturated heterocycles. The Morgan fingerprint density at radius 2 is 2.06 bits per heavy atom. The van der Waals surface area contributed by atoms with E-state index in [-0.39, 0.29) is 7.33 Å². The van der Waals surface area contributed by atoms with Crippen molar-refractivity contribution in [2.75, 3.05) is 0 Å². The van der Waals surface area contributed by atoms with E-state index in [0.29, 0.717) is 11.3 Å². The SMILES string of the molecule is C/C=C(\C=N)NC(=O)c1ccc(C)c(C)c1.[HH]. The molecule has 2 N–H and O–H groups in total. The van der Waals surface area contributed by atoms with Gasteiger partial charge in [-0.1, -0.05) is 12.1 Å². The van der Waals surface area contributed by atoms with Gasteiger partial charge in [0.05, 0.1) is 5.70 Å². The Kier molecular flexibility index (Phi) is 4.00. The van der Waals surface area contributed by atoms with E-state index < -0.39 is 0 Å². The second kappa shape index (κ2) is 5.26. The number of carbonyl (C=O) groups excluding carboxylic acids is 1. The van der Waals surface area contributed by atoms with Crippen molar-refractivity contribution in [2.24, 2.45) is 0 Å². The third-order valence-corrected chi connectivity index (χ3v) is 2.49. The molecule has 1 amide bonds. The van der Waals surface area contributed by atoms with E-state index in [9.17, 15) is 4.79 Å². The van der Waals surface area contributed by atoms with E-state index in [1.165, 1.54) is 0 Å². The van der Waals surface area contributed by atoms with E-state index in [0.717, 1.165) is 17.3 Å². The lowest BCUT2D eigenvalue weighted by Crippen LogP contribution is -2.23. The van der Waals surface area contributed by atoms with Crippen LogP contribution in [0.3, 0.4) is 0 Å². The Balaban J connectivity index is 0.00000256. The van der Waals surface area contributed by atoms with Crippen LogP contribution >= 0.6 is 0 Å². The van der Waals surface area contributed by atoms with Crippen LogP contribution in [0, 0.1) is 19.3 Å². The monoisotopic (exact) mass is 218 g/mol. The van der Waals surface area contributed by atoms with Crippen LogP contribution in [0.5, 0.6) is 0 Å². The first kappa shape index (κ1) is 12.2. The number of hydrogen-bond acceptors (Lipinski definition) is 2. The van der Waals surface area contributed by atoms with E-state index in [1.54, 1.807) is 19.1 Å². The predicted molar refractivity (Wildman–Crippen MR) is 68.0 cm³/mol. The first-order chi connectivity index (χ1) is 7.58. The summed E-state index contributed by atoms with van der Waals surface area (Å²) in [6, 6.07) is 5.56. The molecule has 1 aromatic rings. The molecule has 0 aliphatic heterocycles. The second-order valence-electron chi connectivity index (χ2n) is 3.64. The van der Waals surface area contributed by atoms with Gasteiger partial charge in [-0.15, -0.1) is 0 Å². The minimum absolute atomic E-state index is 0. The van der Waals surface area contributed by atoms with Crippen molar-refractivity contribution >= 4 is 12.1 Å². The molecule has 0 radical (unpaired) electrons. The quantitative estimate of drug-likeness (QED) is 0.753. The summed E-state index contributed by atoms with van der Waals surface area (Å²) in [6.45, 7) is 5.76. The lowest BCUT2D eigenvalue weighted by Gasteiger charge is -2.06. The van der Waals surface area contributed by atoms with Crippen molar-refractivity contribution in [1.29, 1.82) is 5.41 Å². The molecule has 16 heavy (non-hydrogen) atoms. The summed E-state index contributed by atoms with van der Waals surface area (Å²) in [5.41, 5.74) is 3.37. The van der Waals surface area contributed by atoms with Gasteiger partial charge in [0, 0.05) is 13.2 Å². The number of nitrogens with one attached hydrogen (secondary N) is 2. The van der Waals surface area contributed by atoms with Gasteiger partial charge < -0.3 is 10.7 Å². The van der Waals surface area contributed by atoms with Gasteiger partial charge in [0.15, 0.2) is 0 Å². The third kappa shape index (κ3) is 2.79. The summed E-state index contributed by atoms with van der Waals surface area (Å²) < 4.78 is 0. The second-order valence-corrected chi connectivity index (χ2v) is 3.64. The molecule has 86 valence electrons. The van der Waals surface area contributed by atoms with Crippen molar-refractivity contribution < 1.29 is 6.22 Å². The Bertz CT molecular complexity index is 453. The van der Waals surface area contributed by atoms with Gasteiger partial charge in [0.1, 0.15) is 0 Å². The van der Waals surface area contributed by atoms with E-state index in [1.807, 2.05) is 26.0 Å². The van der Waals surface area contributed by atoms with E-state index in [2.05, 4.69) is 5.32 Å². The average Bonchev–Trinajstić information content (AvgIpc) is 2.29. The van der Waals surface area contributed by atoms with Crippen LogP contribution in [0.25, 0.3) is 0 Å². The smallest absolute Gasteiger partial charge is 0.255 e. The molecule has 0 aliphatic rings. The minimum Gasteiger partial charge on any atom is -0.321 e. The molecule has 3 heteroatoms. The van der Waals surface area contributed by atoms with Crippen LogP contribution in [0.4, 0.5) is 0 Å². The highest BCUT2D eigenvalue weighted by Crippen LogP contribution is 2.09. The molecule has 0 heterocycles. The zero-order valence-electron chi connectivity index (χ0n) is 9.79. The van der Waals surface area contributed by atoms with Gasteiger partial charge in [-0.05, 0) is 44.0 Å². The van der Waals surface area contributed by atoms with Crippen LogP contribution in [0.2, 0.25) is 0 Å². The maximum Gasteiger partial charge on any atom is 0.255 e. The lowest BCUT2D eigenvalue weighted by atomic mass is 10.1. The van der Waals surface area contributed by atoms with Gasteiger partial charge >= 0.3 is 0 Å². The van der Waals surface area contributed by atoms with E-state index in [4.69, 9.17) is 5.41 Å². The highest BCUT2D eigenvalue weighted by molar-refractivity contribution is 5.98. The molecule has 0 fully saturated rings. The Labute approximate surface area is 97.2 Å². The highest BCUT2D eigenvalue weighted by Gasteiger charge is 2.06. The van der Waals surface area contributed by atoms with Gasteiger partial charge in [0.2, 0.25) is 0 Å². The molecule has 0 aromatic heterocycles. The maximum absolute atomic E-state index is 11.8. The Morgan fingerprint density at radius 3 is 2.56 bits per heavy atom. The van der Waals surface area contributed by atoms with Crippen LogP contribution < -0.4 is 5.32 Å². The number of amides is 1. The molecule has 1 rings (SSSR count). The number of rotatable bonds is 3. The first-order valence-electron chi connectivity index (χ1n) is 5.14. The summed E-state index contributed by atoms with van der Waals surface area (Å²) in [5.74, 6) is -0.181. The summed E-state index contributed by atoms with van der Waals surface area (Å²) >= 11 is 0. The van der Waals surface area contributed by atoms with Crippen LogP contribution in [0.1, 0.15) is 29.8 Å². The summed E-state index contributed by atoms with van der Waals surface area (Å²) in [7, 11) is 0. The average molecular weight is 218 g/mol. The summed E-state index contributed by atoms with van der Waals surface area (Å²) in [5, 5.41) is 9.74. The van der Waals surface area contributed by atoms with Crippen molar-refractivity contribution in [1.82, 2.24) is 5.32 Å². The standard InChI is InChI=1S/C13H16N2O.H2/c1-4-12(8-14)15-13(16)11-6-5-9(2)10(3)7-11;/h4-8,14H,1-3H3,(H,15,16);1H/b12-4+,14-8?;. The molecule has 1 aromatic carbocycles. The van der Waals surface area contributed by atoms with Crippen LogP contribution in [0.15, 0.2) is 30.0 Å². The molecule has 3 nitrogen and oxygen atoms in total. The molecule has 0 spiro atoms. The lowest BCUT2D eigenvalue weighted by molar-refractivity contribution is 0.0968. The minimum atomic E-state index is -0.181. The molecule has 0 aliphatic carbocycles. The van der Waals surface area contributed by atoms with Crippen molar-refractivity contribution in [3.05, 3.63) is 46.7 Å². The number of benzene rings is 1. The fourth-order valence-electron chi connectivity index (χ4n) is 1.28. The molecule has 0 atom stereocenters. The molecule has 0 unspecified atom stereocenters. The van der Waals surface area contributed by atoms with Crippen molar-refractivity contribution in [3.63, 3.8) is 0 Å². The van der Waals surface area contributed by atoms with Crippen LogP contribution in [-0.2, 0) is 0 Å². The predicted octanol–water partition coefficient (Wildman–Crippen LogP) is 2.83. The van der Waals surface area contributed by atoms with Crippen molar-refractivity contribution in [2.45, 2.75) is 20.8 Å². The van der Waals surface area contributed by atoms with Gasteiger partial charge in [-0.2, -0.15) is 0 Å². The topological polar surface area (TPSA) is 53.0 Å². The zero-order valence-corrected chi connectivity index (χ0v) is 9.79. The van der Waals surface area contributed by atoms with Gasteiger partial charge in [-0.3, -0.25) is 4.79 Å². The molecular weight excluding hydrogens is 200 g/mol. The molecular formula is C13H18N2O. The van der Waals surface area contributed by atoms with Gasteiger partial charge in [0.25, 0.3) is 5.91 Å². The Hall–Kier alpha value is -1.90. The summed E-state index contributed by atoms with van der Waals surface area (Å²) in [6.07, 6.45) is 2.81. The molecule has 0 bridgehead atoms. The van der Waals surface area contributed by atoms with Crippen molar-refractivity contribution in [3.8, 4) is 0 Å². The number of hydrogen-bond donors (Lipinski definition) is 2. The normalized spacial score (nSPS) is 11.1. The van der Waals surface area contributed by atoms with Crippen LogP contribution in [-0.4, -0.2) is 12.1 Å². The number of aryl methyl sites for hydroxylation is 2. The summed E-state index contributed by atoms with van der Waals surface area (Å²) in [4.78, 5) is 11.8. The largest absolute Gasteiger partial charge is 0.321 e. The third-order valence-electron chi connectivity index (χ3n) is 2.49. The number of carbonyl (C=O) groups is 1. The fourth-order valence-corrected chi connectivity index (χ4v) is 1.28. The zero-order chi connectivity index (χ0) is 12.1. The fraction of sp³-hybridized carbons (Fsp3) is 0.231. The Morgan fingerprint density at radius 1 is 1.38 bits per heavy atom. The number of allylic oxidation sites excluding steroid dienone is 2. The molecule has 0 saturated carbocycles. The highest BCUT2D eigenvalue weighted by atomic mass is 16.1. The first-order valence-corrected chi connectivity index (χ1v) is 5.14. The van der Waals surface area contributed by atoms with E-state index >= 15 is 0 Å².